The minimum atomic E-state index is 0.0157. The molecule has 4 rings (SSSR count). The maximum Gasteiger partial charge on any atom is 0.223 e. The van der Waals surface area contributed by atoms with Crippen molar-refractivity contribution in [2.45, 2.75) is 25.8 Å². The van der Waals surface area contributed by atoms with Crippen LogP contribution in [0.3, 0.4) is 0 Å². The molecule has 2 aromatic heterocycles. The highest BCUT2D eigenvalue weighted by Crippen LogP contribution is 2.23. The van der Waals surface area contributed by atoms with E-state index in [4.69, 9.17) is 0 Å². The maximum absolute atomic E-state index is 12.6. The number of anilines is 1. The van der Waals surface area contributed by atoms with Crippen LogP contribution in [0.2, 0.25) is 0 Å². The first-order chi connectivity index (χ1) is 13.7. The number of amides is 1. The third-order valence-corrected chi connectivity index (χ3v) is 5.14. The highest BCUT2D eigenvalue weighted by atomic mass is 16.1. The van der Waals surface area contributed by atoms with Gasteiger partial charge in [0.05, 0.1) is 6.04 Å². The lowest BCUT2D eigenvalue weighted by atomic mass is 9.95. The zero-order chi connectivity index (χ0) is 19.3. The van der Waals surface area contributed by atoms with E-state index >= 15 is 0 Å². The molecule has 8 heteroatoms. The second kappa shape index (κ2) is 8.16. The van der Waals surface area contributed by atoms with Crippen molar-refractivity contribution in [1.29, 1.82) is 0 Å². The monoisotopic (exact) mass is 377 g/mol. The number of nitrogens with zero attached hydrogens (tertiary/aromatic N) is 6. The summed E-state index contributed by atoms with van der Waals surface area (Å²) in [5, 5.41) is 15.7. The Labute approximate surface area is 163 Å². The minimum Gasteiger partial charge on any atom is -0.355 e. The van der Waals surface area contributed by atoms with Gasteiger partial charge in [0, 0.05) is 19.0 Å². The van der Waals surface area contributed by atoms with Gasteiger partial charge in [0.15, 0.2) is 11.6 Å². The third-order valence-electron chi connectivity index (χ3n) is 5.14. The smallest absolute Gasteiger partial charge is 0.223 e. The van der Waals surface area contributed by atoms with Gasteiger partial charge in [-0.2, -0.15) is 5.10 Å². The van der Waals surface area contributed by atoms with Crippen LogP contribution in [0.5, 0.6) is 0 Å². The van der Waals surface area contributed by atoms with Gasteiger partial charge < -0.3 is 10.2 Å². The van der Waals surface area contributed by atoms with E-state index in [2.05, 4.69) is 30.5 Å². The molecular formula is C20H23N7O. The first-order valence-corrected chi connectivity index (χ1v) is 9.50. The van der Waals surface area contributed by atoms with Crippen LogP contribution >= 0.6 is 0 Å². The highest BCUT2D eigenvalue weighted by molar-refractivity contribution is 5.79. The Bertz CT molecular complexity index is 888. The van der Waals surface area contributed by atoms with Crippen LogP contribution in [0.25, 0.3) is 5.82 Å². The van der Waals surface area contributed by atoms with Gasteiger partial charge in [-0.15, -0.1) is 10.2 Å². The number of aromatic nitrogens is 5. The van der Waals surface area contributed by atoms with Crippen LogP contribution in [0.15, 0.2) is 55.1 Å². The first-order valence-electron chi connectivity index (χ1n) is 9.50. The van der Waals surface area contributed by atoms with Crippen LogP contribution in [0.1, 0.15) is 31.4 Å². The van der Waals surface area contributed by atoms with Gasteiger partial charge >= 0.3 is 0 Å². The fraction of sp³-hybridized carbons (Fsp3) is 0.350. The number of hydrogen-bond acceptors (Lipinski definition) is 6. The molecule has 0 saturated carbocycles. The Kier molecular flexibility index (Phi) is 5.27. The lowest BCUT2D eigenvalue weighted by Gasteiger charge is -2.32. The number of benzene rings is 1. The molecule has 1 amide bonds. The van der Waals surface area contributed by atoms with Gasteiger partial charge in [0.1, 0.15) is 12.7 Å². The molecule has 8 nitrogen and oxygen atoms in total. The van der Waals surface area contributed by atoms with E-state index in [1.54, 1.807) is 11.0 Å². The molecule has 1 unspecified atom stereocenters. The Morgan fingerprint density at radius 1 is 1.07 bits per heavy atom. The molecule has 3 heterocycles. The summed E-state index contributed by atoms with van der Waals surface area (Å²) in [6, 6.07) is 13.9. The van der Waals surface area contributed by atoms with E-state index in [9.17, 15) is 4.79 Å². The number of rotatable bonds is 5. The zero-order valence-electron chi connectivity index (χ0n) is 15.8. The summed E-state index contributed by atoms with van der Waals surface area (Å²) in [4.78, 5) is 18.7. The second-order valence-electron chi connectivity index (χ2n) is 6.99. The van der Waals surface area contributed by atoms with Crippen molar-refractivity contribution in [2.75, 3.05) is 18.0 Å². The van der Waals surface area contributed by atoms with E-state index in [0.29, 0.717) is 5.82 Å². The number of hydrogen-bond donors (Lipinski definition) is 1. The zero-order valence-corrected chi connectivity index (χ0v) is 15.8. The molecule has 1 aliphatic heterocycles. The standard InChI is InChI=1S/C20H23N7O/c1-15(16-5-3-2-4-6-16)23-20(28)17-9-11-26(12-10-17)18-7-8-19(25-24-18)27-14-21-13-22-27/h2-8,13-15,17H,9-12H2,1H3,(H,23,28). The molecule has 28 heavy (non-hydrogen) atoms. The largest absolute Gasteiger partial charge is 0.355 e. The van der Waals surface area contributed by atoms with Crippen molar-refractivity contribution >= 4 is 11.7 Å². The lowest BCUT2D eigenvalue weighted by molar-refractivity contribution is -0.126. The quantitative estimate of drug-likeness (QED) is 0.733. The van der Waals surface area contributed by atoms with Crippen molar-refractivity contribution in [3.8, 4) is 5.82 Å². The fourth-order valence-electron chi connectivity index (χ4n) is 3.46. The van der Waals surface area contributed by atoms with Gasteiger partial charge in [-0.3, -0.25) is 4.79 Å². The molecule has 1 atom stereocenters. The summed E-state index contributed by atoms with van der Waals surface area (Å²) in [6.45, 7) is 3.60. The topological polar surface area (TPSA) is 88.8 Å². The molecule has 1 saturated heterocycles. The van der Waals surface area contributed by atoms with E-state index in [1.165, 1.54) is 6.33 Å². The van der Waals surface area contributed by atoms with Gasteiger partial charge in [-0.25, -0.2) is 9.67 Å². The minimum absolute atomic E-state index is 0.0157. The summed E-state index contributed by atoms with van der Waals surface area (Å²) >= 11 is 0. The molecule has 1 aliphatic rings. The molecule has 0 bridgehead atoms. The normalized spacial score (nSPS) is 16.0. The lowest BCUT2D eigenvalue weighted by Crippen LogP contribution is -2.41. The molecule has 144 valence electrons. The maximum atomic E-state index is 12.6. The second-order valence-corrected chi connectivity index (χ2v) is 6.99. The number of carbonyl (C=O) groups excluding carboxylic acids is 1. The number of nitrogens with one attached hydrogen (secondary N) is 1. The summed E-state index contributed by atoms with van der Waals surface area (Å²) in [6.07, 6.45) is 4.66. The molecule has 1 N–H and O–H groups in total. The fourth-order valence-corrected chi connectivity index (χ4v) is 3.46. The van der Waals surface area contributed by atoms with Gasteiger partial charge in [-0.05, 0) is 37.5 Å². The summed E-state index contributed by atoms with van der Waals surface area (Å²) < 4.78 is 1.57. The van der Waals surface area contributed by atoms with Crippen LogP contribution in [0, 0.1) is 5.92 Å². The molecular weight excluding hydrogens is 354 g/mol. The van der Waals surface area contributed by atoms with E-state index < -0.39 is 0 Å². The van der Waals surface area contributed by atoms with Crippen LogP contribution in [0.4, 0.5) is 5.82 Å². The summed E-state index contributed by atoms with van der Waals surface area (Å²) in [7, 11) is 0. The predicted octanol–water partition coefficient (Wildman–Crippen LogP) is 2.15. The molecule has 0 radical (unpaired) electrons. The number of carbonyl (C=O) groups is 1. The van der Waals surface area contributed by atoms with E-state index in [1.807, 2.05) is 49.4 Å². The Hall–Kier alpha value is -3.29. The van der Waals surface area contributed by atoms with Crippen molar-refractivity contribution in [3.63, 3.8) is 0 Å². The Morgan fingerprint density at radius 3 is 2.43 bits per heavy atom. The molecule has 0 spiro atoms. The molecule has 3 aromatic rings. The third kappa shape index (κ3) is 4.00. The predicted molar refractivity (Wildman–Crippen MR) is 105 cm³/mol. The summed E-state index contributed by atoms with van der Waals surface area (Å²) in [5.74, 6) is 1.61. The van der Waals surface area contributed by atoms with Crippen LogP contribution < -0.4 is 10.2 Å². The van der Waals surface area contributed by atoms with E-state index in [0.717, 1.165) is 37.3 Å². The highest BCUT2D eigenvalue weighted by Gasteiger charge is 2.26. The van der Waals surface area contributed by atoms with E-state index in [-0.39, 0.29) is 17.9 Å². The van der Waals surface area contributed by atoms with Crippen molar-refractivity contribution in [2.24, 2.45) is 5.92 Å². The molecule has 1 aromatic carbocycles. The first kappa shape index (κ1) is 18.1. The van der Waals surface area contributed by atoms with Crippen molar-refractivity contribution in [1.82, 2.24) is 30.3 Å². The van der Waals surface area contributed by atoms with Crippen LogP contribution in [-0.4, -0.2) is 44.0 Å². The molecule has 1 fully saturated rings. The Morgan fingerprint density at radius 2 is 1.79 bits per heavy atom. The SMILES string of the molecule is CC(NC(=O)C1CCN(c2ccc(-n3cncn3)nn2)CC1)c1ccccc1. The van der Waals surface area contributed by atoms with Crippen molar-refractivity contribution < 1.29 is 4.79 Å². The van der Waals surface area contributed by atoms with Gasteiger partial charge in [0.25, 0.3) is 0 Å². The molecule has 0 aliphatic carbocycles. The van der Waals surface area contributed by atoms with Gasteiger partial charge in [-0.1, -0.05) is 30.3 Å². The average Bonchev–Trinajstić information content (AvgIpc) is 3.29. The number of piperidine rings is 1. The Balaban J connectivity index is 1.31. The van der Waals surface area contributed by atoms with Crippen LogP contribution in [-0.2, 0) is 4.79 Å². The summed E-state index contributed by atoms with van der Waals surface area (Å²) in [5.41, 5.74) is 1.12. The average molecular weight is 377 g/mol. The van der Waals surface area contributed by atoms with Crippen molar-refractivity contribution in [3.05, 3.63) is 60.7 Å². The van der Waals surface area contributed by atoms with Gasteiger partial charge in [0.2, 0.25) is 5.91 Å².